The number of guanidine groups is 2. The zero-order valence-corrected chi connectivity index (χ0v) is 81.5. The van der Waals surface area contributed by atoms with Gasteiger partial charge in [0.2, 0.25) is 82.7 Å². The van der Waals surface area contributed by atoms with Crippen molar-refractivity contribution in [1.29, 1.82) is 16.2 Å². The first-order valence-corrected chi connectivity index (χ1v) is 48.1. The van der Waals surface area contributed by atoms with Crippen LogP contribution in [0.15, 0.2) is 67.6 Å². The Bertz CT molecular complexity index is 4380. The molecule has 0 bridgehead atoms. The molecule has 0 fully saturated rings. The molecule has 0 saturated heterocycles. The number of nitrogens with two attached hydrogens (primary N) is 3. The highest BCUT2D eigenvalue weighted by Gasteiger charge is 2.39. The number of hydrogen-bond donors (Lipinski definition) is 28. The zero-order valence-electron chi connectivity index (χ0n) is 81.5. The minimum absolute atomic E-state index is 0.00122. The van der Waals surface area contributed by atoms with Crippen molar-refractivity contribution in [3.8, 4) is 5.75 Å². The van der Waals surface area contributed by atoms with Crippen LogP contribution >= 0.6 is 0 Å². The molecule has 31 N–H and O–H groups in total. The number of nitrogens with one attached hydrogen (secondary N) is 23. The molecule has 3 aromatic heterocycles. The fourth-order valence-electron chi connectivity index (χ4n) is 15.1. The number of likely N-dealkylation sites (N-methyl/N-ethyl adjacent to an activating group) is 1. The van der Waals surface area contributed by atoms with Gasteiger partial charge >= 0.3 is 0 Å². The number of rotatable bonds is 70. The summed E-state index contributed by atoms with van der Waals surface area (Å²) in [7, 11) is 0. The van der Waals surface area contributed by atoms with Gasteiger partial charge < -0.3 is 133 Å². The van der Waals surface area contributed by atoms with Gasteiger partial charge in [0.25, 0.3) is 0 Å². The van der Waals surface area contributed by atoms with E-state index in [2.05, 4.69) is 122 Å². The molecular formula is C93H156N28O16. The quantitative estimate of drug-likeness (QED) is 0.0165. The molecule has 4 rings (SSSR count). The third-order valence-corrected chi connectivity index (χ3v) is 22.8. The molecule has 44 nitrogen and oxygen atoms in total. The van der Waals surface area contributed by atoms with E-state index in [-0.39, 0.29) is 126 Å². The summed E-state index contributed by atoms with van der Waals surface area (Å²) in [5, 5.41) is 90.0. The topological polar surface area (TPSA) is 707 Å². The maximum absolute atomic E-state index is 15.2. The van der Waals surface area contributed by atoms with Gasteiger partial charge in [-0.3, -0.25) is 83.4 Å². The van der Waals surface area contributed by atoms with E-state index in [1.807, 2.05) is 6.92 Å². The third-order valence-electron chi connectivity index (χ3n) is 22.8. The van der Waals surface area contributed by atoms with Gasteiger partial charge in [-0.25, -0.2) is 9.97 Å². The molecule has 137 heavy (non-hydrogen) atoms. The lowest BCUT2D eigenvalue weighted by molar-refractivity contribution is -0.136. The fourth-order valence-corrected chi connectivity index (χ4v) is 15.1. The van der Waals surface area contributed by atoms with E-state index in [9.17, 15) is 63.0 Å². The molecule has 14 unspecified atom stereocenters. The number of phenolic OH excluding ortho intramolecular Hbond substituents is 1. The molecule has 764 valence electrons. The van der Waals surface area contributed by atoms with Crippen LogP contribution in [-0.2, 0) is 92.8 Å². The molecule has 4 aromatic rings. The SMILES string of the molecule is CCCCCCCCCCCCCCCCC(NCC)C(=O)NC(Cc1cnc[nH]1)C(=O)NC(C)C(=O)NC(C(=O)NC(Cc1ccc[nH]1)C(=O)NC(C)C(=O)NC(Cc1ccc(O)cc1)C(=O)NC(CCCNC(=N)N)C(=O)NC(Cc1cnc[nH]1)C(=O)NC(CCCNC(C)=N)C(=O)NC(CCCNC(=N)N)C(=O)NC(CC(C)C)C(=O)NC(CC(C)C)C(=O)NC(CO)C(N)=O)C(C)C. The second-order valence-electron chi connectivity index (χ2n) is 36.1. The molecule has 0 aliphatic heterocycles. The number of nitrogens with zero attached hydrogens (tertiary/aromatic N) is 2. The number of H-pyrrole nitrogens is 3. The van der Waals surface area contributed by atoms with Gasteiger partial charge in [0.15, 0.2) is 11.9 Å². The Morgan fingerprint density at radius 2 is 0.715 bits per heavy atom. The summed E-state index contributed by atoms with van der Waals surface area (Å²) in [6, 6.07) is -10.3. The largest absolute Gasteiger partial charge is 0.508 e. The molecule has 14 atom stereocenters. The number of carbonyl (C=O) groups excluding carboxylic acids is 14. The average molecular weight is 1920 g/mol. The van der Waals surface area contributed by atoms with Crippen LogP contribution in [0.25, 0.3) is 0 Å². The number of amidine groups is 1. The van der Waals surface area contributed by atoms with Gasteiger partial charge in [0.05, 0.1) is 31.1 Å². The molecule has 0 aliphatic rings. The van der Waals surface area contributed by atoms with Crippen LogP contribution in [-0.4, -0.2) is 253 Å². The van der Waals surface area contributed by atoms with E-state index in [1.165, 1.54) is 134 Å². The van der Waals surface area contributed by atoms with E-state index in [4.69, 9.17) is 33.4 Å². The van der Waals surface area contributed by atoms with Crippen molar-refractivity contribution >= 4 is 100 Å². The Labute approximate surface area is 803 Å². The Morgan fingerprint density at radius 3 is 1.09 bits per heavy atom. The Hall–Kier alpha value is -12.8. The molecule has 1 aromatic carbocycles. The molecular weight excluding hydrogens is 1770 g/mol. The first-order chi connectivity index (χ1) is 65.2. The van der Waals surface area contributed by atoms with Crippen molar-refractivity contribution < 1.29 is 77.3 Å². The summed E-state index contributed by atoms with van der Waals surface area (Å²) in [6.45, 7) is 18.5. The normalized spacial score (nSPS) is 14.3. The number of primary amides is 1. The number of aromatic nitrogens is 5. The van der Waals surface area contributed by atoms with Gasteiger partial charge in [0, 0.05) is 81.0 Å². The van der Waals surface area contributed by atoms with Crippen molar-refractivity contribution in [3.05, 3.63) is 90.3 Å². The Kier molecular flexibility index (Phi) is 54.7. The van der Waals surface area contributed by atoms with Crippen LogP contribution in [0.3, 0.4) is 0 Å². The van der Waals surface area contributed by atoms with Crippen LogP contribution in [0.2, 0.25) is 0 Å². The number of aromatic amines is 3. The second kappa shape index (κ2) is 64.3. The number of aliphatic hydroxyl groups excluding tert-OH is 1. The van der Waals surface area contributed by atoms with Gasteiger partial charge in [-0.15, -0.1) is 0 Å². The number of imidazole rings is 2. The third kappa shape index (κ3) is 47.0. The molecule has 0 saturated carbocycles. The first kappa shape index (κ1) is 117. The lowest BCUT2D eigenvalue weighted by Gasteiger charge is -2.29. The predicted octanol–water partition coefficient (Wildman–Crippen LogP) is 0.748. The van der Waals surface area contributed by atoms with Crippen molar-refractivity contribution in [1.82, 2.24) is 115 Å². The molecule has 14 amide bonds. The van der Waals surface area contributed by atoms with Crippen LogP contribution in [0.5, 0.6) is 5.75 Å². The van der Waals surface area contributed by atoms with E-state index in [0.717, 1.165) is 25.7 Å². The summed E-state index contributed by atoms with van der Waals surface area (Å²) in [4.78, 5) is 219. The average Bonchev–Trinajstić information content (AvgIpc) is 1.43. The van der Waals surface area contributed by atoms with E-state index >= 15 is 14.4 Å². The number of unbranched alkanes of at least 4 members (excludes halogenated alkanes) is 13. The minimum atomic E-state index is -1.62. The van der Waals surface area contributed by atoms with Crippen LogP contribution in [0.4, 0.5) is 0 Å². The second-order valence-corrected chi connectivity index (χ2v) is 36.1. The lowest BCUT2D eigenvalue weighted by atomic mass is 9.99. The predicted molar refractivity (Wildman–Crippen MR) is 519 cm³/mol. The number of hydrogen-bond acceptors (Lipinski definition) is 22. The molecule has 0 radical (unpaired) electrons. The Balaban J connectivity index is 1.61. The van der Waals surface area contributed by atoms with Crippen molar-refractivity contribution in [2.75, 3.05) is 32.8 Å². The van der Waals surface area contributed by atoms with E-state index < -0.39 is 186 Å². The number of phenols is 1. The number of amides is 14. The molecule has 3 heterocycles. The zero-order chi connectivity index (χ0) is 101. The van der Waals surface area contributed by atoms with Crippen molar-refractivity contribution in [3.63, 3.8) is 0 Å². The highest BCUT2D eigenvalue weighted by molar-refractivity contribution is 6.00. The van der Waals surface area contributed by atoms with Gasteiger partial charge in [-0.05, 0) is 133 Å². The number of carbonyl (C=O) groups is 14. The summed E-state index contributed by atoms with van der Waals surface area (Å²) >= 11 is 0. The fraction of sp³-hybridized carbons (Fsp3) is 0.645. The standard InChI is InChI=1S/C93H156N28O16/c1-12-14-15-16-17-18-19-20-21-22-23-24-25-26-32-66(102-13-2)81(127)117-74(48-63-50-100-53-107-63)86(132)110-59(10)80(126)121-77(57(7)8)91(137)119-73(47-62-31-27-41-104-62)85(131)109-58(9)79(125)114-72(46-61-36-38-65(123)39-37-61)89(135)112-69(35-30-43-106-93(98)99)84(130)118-75(49-64-51-101-54-108-64)90(136)113-67(33-28-40-103-60(11)94)82(128)111-68(34-29-42-105-92(96)97)83(129)115-70(44-55(3)4)87(133)116-71(45-56(5)6)88(134)120-76(52-122)78(95)124/h27,31,36-39,41,50-51,53-59,66-77,102,104,122-123H,12-26,28-30,32-35,40,42-49,52H2,1-11H3,(H2,94,103)(H2,95,124)(H,100,107)(H,101,108)(H,109,131)(H,110,132)(H,111,128)(H,112,135)(H,113,136)(H,114,125)(H,115,129)(H,116,133)(H,117,127)(H,118,130)(H,119,137)(H,120,134)(H,121,126)(H4,96,97,105)(H4,98,99,106). The summed E-state index contributed by atoms with van der Waals surface area (Å²) in [6.07, 6.45) is 23.3. The number of aliphatic hydroxyl groups is 1. The van der Waals surface area contributed by atoms with Gasteiger partial charge in [-0.2, -0.15) is 0 Å². The van der Waals surface area contributed by atoms with Gasteiger partial charge in [0.1, 0.15) is 84.3 Å². The maximum Gasteiger partial charge on any atom is 0.243 e. The maximum atomic E-state index is 15.2. The highest BCUT2D eigenvalue weighted by Crippen LogP contribution is 2.19. The van der Waals surface area contributed by atoms with Crippen LogP contribution < -0.4 is 108 Å². The monoisotopic (exact) mass is 1920 g/mol. The first-order valence-electron chi connectivity index (χ1n) is 48.1. The lowest BCUT2D eigenvalue weighted by Crippen LogP contribution is -2.61. The number of benzene rings is 1. The van der Waals surface area contributed by atoms with E-state index in [1.54, 1.807) is 59.9 Å². The summed E-state index contributed by atoms with van der Waals surface area (Å²) in [5.74, 6) is -14.0. The summed E-state index contributed by atoms with van der Waals surface area (Å²) in [5.41, 5.74) is 18.3. The molecule has 44 heteroatoms. The molecule has 0 aliphatic carbocycles. The smallest absolute Gasteiger partial charge is 0.243 e. The highest BCUT2D eigenvalue weighted by atomic mass is 16.3. The molecule has 0 spiro atoms. The van der Waals surface area contributed by atoms with Crippen LogP contribution in [0, 0.1) is 34.0 Å². The van der Waals surface area contributed by atoms with Crippen molar-refractivity contribution in [2.45, 2.75) is 334 Å². The minimum Gasteiger partial charge on any atom is -0.508 e. The number of aromatic hydroxyl groups is 1. The van der Waals surface area contributed by atoms with Crippen molar-refractivity contribution in [2.24, 2.45) is 35.0 Å². The Morgan fingerprint density at radius 1 is 0.372 bits per heavy atom. The van der Waals surface area contributed by atoms with E-state index in [0.29, 0.717) is 35.6 Å². The summed E-state index contributed by atoms with van der Waals surface area (Å²) < 4.78 is 0. The van der Waals surface area contributed by atoms with Gasteiger partial charge in [-0.1, -0.05) is 157 Å². The van der Waals surface area contributed by atoms with Crippen LogP contribution in [0.1, 0.15) is 246 Å².